The Hall–Kier alpha value is -2.35. The third-order valence-corrected chi connectivity index (χ3v) is 2.71. The van der Waals surface area contributed by atoms with E-state index in [0.29, 0.717) is 5.69 Å². The molecule has 90 valence electrons. The summed E-state index contributed by atoms with van der Waals surface area (Å²) in [5.41, 5.74) is 9.58. The van der Waals surface area contributed by atoms with Crippen LogP contribution in [0.3, 0.4) is 0 Å². The van der Waals surface area contributed by atoms with E-state index < -0.39 is 0 Å². The van der Waals surface area contributed by atoms with Crippen LogP contribution in [0.2, 0.25) is 0 Å². The normalized spacial score (nSPS) is 10.7. The van der Waals surface area contributed by atoms with E-state index >= 15 is 0 Å². The molecule has 0 aromatic heterocycles. The zero-order valence-electron chi connectivity index (χ0n) is 10.2. The molecule has 0 unspecified atom stereocenters. The Morgan fingerprint density at radius 2 is 1.83 bits per heavy atom. The molecule has 2 nitrogen and oxygen atoms in total. The summed E-state index contributed by atoms with van der Waals surface area (Å²) >= 11 is 0. The molecule has 0 aliphatic rings. The molecule has 0 heterocycles. The van der Waals surface area contributed by atoms with Gasteiger partial charge in [-0.2, -0.15) is 0 Å². The average molecular weight is 236 g/mol. The fourth-order valence-corrected chi connectivity index (χ4v) is 1.75. The molecule has 0 bridgehead atoms. The summed E-state index contributed by atoms with van der Waals surface area (Å²) in [4.78, 5) is 4.45. The largest absolute Gasteiger partial charge is 0.397 e. The van der Waals surface area contributed by atoms with Crippen molar-refractivity contribution in [2.24, 2.45) is 4.99 Å². The number of aliphatic imine (C=N–C) groups is 1. The molecule has 0 saturated carbocycles. The first-order valence-corrected chi connectivity index (χ1v) is 5.88. The molecule has 0 aliphatic heterocycles. The van der Waals surface area contributed by atoms with E-state index in [1.54, 1.807) is 6.08 Å². The third-order valence-electron chi connectivity index (χ3n) is 2.71. The monoisotopic (exact) mass is 236 g/mol. The van der Waals surface area contributed by atoms with Crippen LogP contribution in [0.5, 0.6) is 0 Å². The maximum atomic E-state index is 5.91. The lowest BCUT2D eigenvalue weighted by molar-refractivity contribution is 1.34. The van der Waals surface area contributed by atoms with Crippen molar-refractivity contribution >= 4 is 23.7 Å². The summed E-state index contributed by atoms with van der Waals surface area (Å²) < 4.78 is 0. The lowest BCUT2D eigenvalue weighted by Crippen LogP contribution is -1.89. The van der Waals surface area contributed by atoms with E-state index in [1.165, 1.54) is 5.56 Å². The molecule has 2 aromatic rings. The summed E-state index contributed by atoms with van der Waals surface area (Å²) in [5.74, 6) is 0. The number of hydrogen-bond acceptors (Lipinski definition) is 2. The lowest BCUT2D eigenvalue weighted by Gasteiger charge is -2.03. The van der Waals surface area contributed by atoms with Crippen molar-refractivity contribution in [1.29, 1.82) is 0 Å². The topological polar surface area (TPSA) is 38.4 Å². The van der Waals surface area contributed by atoms with Crippen LogP contribution in [-0.2, 0) is 6.42 Å². The predicted molar refractivity (Wildman–Crippen MR) is 79.2 cm³/mol. The second kappa shape index (κ2) is 5.82. The van der Waals surface area contributed by atoms with Gasteiger partial charge in [-0.05, 0) is 11.6 Å². The highest BCUT2D eigenvalue weighted by Gasteiger charge is 2.00. The number of nitrogen functional groups attached to an aromatic ring is 1. The van der Waals surface area contributed by atoms with Gasteiger partial charge in [0, 0.05) is 18.2 Å². The quantitative estimate of drug-likeness (QED) is 0.635. The Balaban J connectivity index is 2.17. The van der Waals surface area contributed by atoms with E-state index in [4.69, 9.17) is 5.73 Å². The standard InChI is InChI=1S/C16H16N2/c1-2-14-9-6-10-15(17)16(14)18-12-11-13-7-4-3-5-8-13/h2-10,12H,1,11,17H2. The van der Waals surface area contributed by atoms with Crippen LogP contribution in [0.1, 0.15) is 11.1 Å². The summed E-state index contributed by atoms with van der Waals surface area (Å²) in [6.07, 6.45) is 4.45. The molecule has 0 aliphatic carbocycles. The van der Waals surface area contributed by atoms with E-state index in [2.05, 4.69) is 23.7 Å². The summed E-state index contributed by atoms with van der Waals surface area (Å²) in [6, 6.07) is 15.9. The zero-order valence-corrected chi connectivity index (χ0v) is 10.2. The molecule has 2 rings (SSSR count). The number of rotatable bonds is 4. The minimum Gasteiger partial charge on any atom is -0.397 e. The number of nitrogens with zero attached hydrogens (tertiary/aromatic N) is 1. The minimum absolute atomic E-state index is 0.678. The van der Waals surface area contributed by atoms with Gasteiger partial charge >= 0.3 is 0 Å². The van der Waals surface area contributed by atoms with Gasteiger partial charge < -0.3 is 5.73 Å². The molecular weight excluding hydrogens is 220 g/mol. The van der Waals surface area contributed by atoms with Crippen LogP contribution in [0.25, 0.3) is 6.08 Å². The van der Waals surface area contributed by atoms with Gasteiger partial charge in [0.05, 0.1) is 11.4 Å². The van der Waals surface area contributed by atoms with Crippen molar-refractivity contribution in [3.8, 4) is 0 Å². The first-order chi connectivity index (χ1) is 8.81. The number of anilines is 1. The summed E-state index contributed by atoms with van der Waals surface area (Å²) in [6.45, 7) is 3.77. The molecule has 2 aromatic carbocycles. The molecule has 0 spiro atoms. The highest BCUT2D eigenvalue weighted by atomic mass is 14.8. The van der Waals surface area contributed by atoms with Crippen LogP contribution in [0, 0.1) is 0 Å². The molecule has 18 heavy (non-hydrogen) atoms. The maximum Gasteiger partial charge on any atom is 0.0927 e. The molecule has 2 heteroatoms. The van der Waals surface area contributed by atoms with Gasteiger partial charge in [0.15, 0.2) is 0 Å². The van der Waals surface area contributed by atoms with Crippen molar-refractivity contribution in [2.75, 3.05) is 5.73 Å². The Morgan fingerprint density at radius 3 is 2.56 bits per heavy atom. The number of benzene rings is 2. The molecule has 0 fully saturated rings. The third kappa shape index (κ3) is 2.86. The number of para-hydroxylation sites is 1. The van der Waals surface area contributed by atoms with Crippen LogP contribution in [-0.4, -0.2) is 6.21 Å². The van der Waals surface area contributed by atoms with Gasteiger partial charge in [-0.1, -0.05) is 55.1 Å². The average Bonchev–Trinajstić information content (AvgIpc) is 2.41. The second-order valence-electron chi connectivity index (χ2n) is 3.99. The fourth-order valence-electron chi connectivity index (χ4n) is 1.75. The molecule has 0 saturated heterocycles. The van der Waals surface area contributed by atoms with Crippen LogP contribution < -0.4 is 5.73 Å². The van der Waals surface area contributed by atoms with Gasteiger partial charge in [-0.3, -0.25) is 4.99 Å². The van der Waals surface area contributed by atoms with E-state index in [1.807, 2.05) is 42.6 Å². The minimum atomic E-state index is 0.678. The first kappa shape index (κ1) is 12.1. The number of hydrogen-bond donors (Lipinski definition) is 1. The van der Waals surface area contributed by atoms with Gasteiger partial charge in [0.2, 0.25) is 0 Å². The highest BCUT2D eigenvalue weighted by Crippen LogP contribution is 2.27. The van der Waals surface area contributed by atoms with Crippen molar-refractivity contribution in [2.45, 2.75) is 6.42 Å². The van der Waals surface area contributed by atoms with Crippen molar-refractivity contribution < 1.29 is 0 Å². The molecule has 2 N–H and O–H groups in total. The summed E-state index contributed by atoms with van der Waals surface area (Å²) in [7, 11) is 0. The van der Waals surface area contributed by atoms with Crippen molar-refractivity contribution in [1.82, 2.24) is 0 Å². The van der Waals surface area contributed by atoms with Crippen LogP contribution >= 0.6 is 0 Å². The Bertz CT molecular complexity index is 557. The molecule has 0 atom stereocenters. The number of nitrogens with two attached hydrogens (primary N) is 1. The van der Waals surface area contributed by atoms with Gasteiger partial charge in [0.1, 0.15) is 0 Å². The molecule has 0 radical (unpaired) electrons. The zero-order chi connectivity index (χ0) is 12.8. The van der Waals surface area contributed by atoms with E-state index in [-0.39, 0.29) is 0 Å². The lowest BCUT2D eigenvalue weighted by atomic mass is 10.1. The fraction of sp³-hybridized carbons (Fsp3) is 0.0625. The summed E-state index contributed by atoms with van der Waals surface area (Å²) in [5, 5.41) is 0. The molecule has 0 amide bonds. The van der Waals surface area contributed by atoms with Gasteiger partial charge in [-0.25, -0.2) is 0 Å². The Labute approximate surface area is 107 Å². The van der Waals surface area contributed by atoms with E-state index in [9.17, 15) is 0 Å². The predicted octanol–water partition coefficient (Wildman–Crippen LogP) is 3.86. The second-order valence-corrected chi connectivity index (χ2v) is 3.99. The van der Waals surface area contributed by atoms with Gasteiger partial charge in [-0.15, -0.1) is 0 Å². The molecular formula is C16H16N2. The first-order valence-electron chi connectivity index (χ1n) is 5.88. The smallest absolute Gasteiger partial charge is 0.0927 e. The van der Waals surface area contributed by atoms with E-state index in [0.717, 1.165) is 17.7 Å². The Morgan fingerprint density at radius 1 is 1.06 bits per heavy atom. The Kier molecular flexibility index (Phi) is 3.92. The van der Waals surface area contributed by atoms with Crippen LogP contribution in [0.4, 0.5) is 11.4 Å². The highest BCUT2D eigenvalue weighted by molar-refractivity contribution is 5.79. The van der Waals surface area contributed by atoms with Crippen molar-refractivity contribution in [3.63, 3.8) is 0 Å². The SMILES string of the molecule is C=Cc1cccc(N)c1N=CCc1ccccc1. The van der Waals surface area contributed by atoms with Gasteiger partial charge in [0.25, 0.3) is 0 Å². The van der Waals surface area contributed by atoms with Crippen LogP contribution in [0.15, 0.2) is 60.1 Å². The maximum absolute atomic E-state index is 5.91. The van der Waals surface area contributed by atoms with Crippen molar-refractivity contribution in [3.05, 3.63) is 66.2 Å².